The topological polar surface area (TPSA) is 71.4 Å². The van der Waals surface area contributed by atoms with Gasteiger partial charge in [0.25, 0.3) is 11.9 Å². The number of nitrogens with zero attached hydrogens (tertiary/aromatic N) is 2. The van der Waals surface area contributed by atoms with Gasteiger partial charge in [-0.3, -0.25) is 4.79 Å². The number of benzene rings is 2. The van der Waals surface area contributed by atoms with Gasteiger partial charge in [-0.15, -0.1) is 0 Å². The van der Waals surface area contributed by atoms with E-state index in [0.717, 1.165) is 29.7 Å². The fraction of sp³-hybridized carbons (Fsp3) is 0.217. The molecule has 1 aliphatic rings. The molecule has 0 aliphatic carbocycles. The Labute approximate surface area is 178 Å². The fourth-order valence-corrected chi connectivity index (χ4v) is 4.02. The number of aromatic amines is 1. The highest BCUT2D eigenvalue weighted by molar-refractivity contribution is 6.30. The van der Waals surface area contributed by atoms with Gasteiger partial charge < -0.3 is 19.0 Å². The maximum absolute atomic E-state index is 13.0. The van der Waals surface area contributed by atoms with E-state index in [-0.39, 0.29) is 23.5 Å². The van der Waals surface area contributed by atoms with Crippen LogP contribution in [0.3, 0.4) is 0 Å². The number of likely N-dealkylation sites (tertiary alicyclic amines) is 1. The Bertz CT molecular complexity index is 1170. The van der Waals surface area contributed by atoms with Gasteiger partial charge in [0.2, 0.25) is 0 Å². The van der Waals surface area contributed by atoms with Gasteiger partial charge in [0.05, 0.1) is 11.0 Å². The van der Waals surface area contributed by atoms with Gasteiger partial charge >= 0.3 is 0 Å². The number of fused-ring (bicyclic) bond motifs is 1. The van der Waals surface area contributed by atoms with Crippen molar-refractivity contribution >= 4 is 28.5 Å². The van der Waals surface area contributed by atoms with Gasteiger partial charge in [-0.25, -0.2) is 4.98 Å². The van der Waals surface area contributed by atoms with Gasteiger partial charge in [-0.05, 0) is 49.2 Å². The van der Waals surface area contributed by atoms with Crippen molar-refractivity contribution < 1.29 is 13.9 Å². The number of carbonyl (C=O) groups is 1. The number of halogens is 1. The molecule has 6 nitrogen and oxygen atoms in total. The Kier molecular flexibility index (Phi) is 4.93. The number of ether oxygens (including phenoxy) is 1. The molecule has 7 heteroatoms. The largest absolute Gasteiger partial charge is 0.426 e. The number of piperidine rings is 1. The zero-order valence-electron chi connectivity index (χ0n) is 16.2. The molecule has 0 bridgehead atoms. The van der Waals surface area contributed by atoms with Crippen LogP contribution in [-0.2, 0) is 0 Å². The SMILES string of the molecule is O=C(c1ccc(Oc2cccc(Cl)c2)o1)N1CCCC(c2nc3ccccc3[nH]2)C1. The van der Waals surface area contributed by atoms with E-state index in [1.165, 1.54) is 0 Å². The molecule has 1 amide bonds. The van der Waals surface area contributed by atoms with Crippen molar-refractivity contribution in [2.45, 2.75) is 18.8 Å². The van der Waals surface area contributed by atoms with E-state index in [4.69, 9.17) is 25.7 Å². The van der Waals surface area contributed by atoms with Crippen LogP contribution in [0.4, 0.5) is 0 Å². The van der Waals surface area contributed by atoms with Gasteiger partial charge in [-0.2, -0.15) is 0 Å². The van der Waals surface area contributed by atoms with Gasteiger partial charge in [0.15, 0.2) is 5.76 Å². The van der Waals surface area contributed by atoms with Crippen LogP contribution in [0.1, 0.15) is 35.1 Å². The Morgan fingerprint density at radius 3 is 2.93 bits per heavy atom. The lowest BCUT2D eigenvalue weighted by Crippen LogP contribution is -2.39. The second-order valence-electron chi connectivity index (χ2n) is 7.41. The van der Waals surface area contributed by atoms with E-state index in [2.05, 4.69) is 4.98 Å². The molecule has 2 aromatic heterocycles. The maximum Gasteiger partial charge on any atom is 0.290 e. The molecule has 1 aliphatic heterocycles. The minimum absolute atomic E-state index is 0.142. The third-order valence-electron chi connectivity index (χ3n) is 5.31. The van der Waals surface area contributed by atoms with Crippen LogP contribution in [0.15, 0.2) is 65.1 Å². The second-order valence-corrected chi connectivity index (χ2v) is 7.84. The first-order chi connectivity index (χ1) is 14.7. The molecule has 4 aromatic rings. The van der Waals surface area contributed by atoms with Crippen molar-refractivity contribution in [1.29, 1.82) is 0 Å². The summed E-state index contributed by atoms with van der Waals surface area (Å²) < 4.78 is 11.3. The molecule has 0 radical (unpaired) electrons. The molecule has 0 saturated carbocycles. The van der Waals surface area contributed by atoms with Crippen LogP contribution in [0, 0.1) is 0 Å². The van der Waals surface area contributed by atoms with Crippen LogP contribution in [0.25, 0.3) is 11.0 Å². The number of H-pyrrole nitrogens is 1. The minimum Gasteiger partial charge on any atom is -0.426 e. The lowest BCUT2D eigenvalue weighted by atomic mass is 9.97. The summed E-state index contributed by atoms with van der Waals surface area (Å²) >= 11 is 5.98. The van der Waals surface area contributed by atoms with Crippen molar-refractivity contribution in [3.63, 3.8) is 0 Å². The van der Waals surface area contributed by atoms with Crippen molar-refractivity contribution in [2.24, 2.45) is 0 Å². The fourth-order valence-electron chi connectivity index (χ4n) is 3.84. The highest BCUT2D eigenvalue weighted by Crippen LogP contribution is 2.30. The van der Waals surface area contributed by atoms with Crippen LogP contribution in [0.5, 0.6) is 11.7 Å². The zero-order chi connectivity index (χ0) is 20.5. The third-order valence-corrected chi connectivity index (χ3v) is 5.54. The molecule has 1 atom stereocenters. The summed E-state index contributed by atoms with van der Waals surface area (Å²) in [5, 5.41) is 0.570. The predicted molar refractivity (Wildman–Crippen MR) is 114 cm³/mol. The summed E-state index contributed by atoms with van der Waals surface area (Å²) in [4.78, 5) is 22.9. The minimum atomic E-state index is -0.142. The average Bonchev–Trinajstić information content (AvgIpc) is 3.40. The Morgan fingerprint density at radius 1 is 1.17 bits per heavy atom. The second kappa shape index (κ2) is 7.88. The monoisotopic (exact) mass is 421 g/mol. The van der Waals surface area contributed by atoms with E-state index in [9.17, 15) is 4.79 Å². The number of carbonyl (C=O) groups excluding carboxylic acids is 1. The summed E-state index contributed by atoms with van der Waals surface area (Å²) in [5.74, 6) is 2.03. The van der Waals surface area contributed by atoms with Crippen LogP contribution in [-0.4, -0.2) is 33.9 Å². The number of amides is 1. The molecular formula is C23H20ClN3O3. The van der Waals surface area contributed by atoms with E-state index >= 15 is 0 Å². The highest BCUT2D eigenvalue weighted by Gasteiger charge is 2.29. The van der Waals surface area contributed by atoms with Crippen LogP contribution >= 0.6 is 11.6 Å². The molecule has 1 saturated heterocycles. The van der Waals surface area contributed by atoms with E-state index in [0.29, 0.717) is 23.9 Å². The quantitative estimate of drug-likeness (QED) is 0.464. The normalized spacial score (nSPS) is 16.7. The van der Waals surface area contributed by atoms with E-state index < -0.39 is 0 Å². The van der Waals surface area contributed by atoms with Crippen molar-refractivity contribution in [1.82, 2.24) is 14.9 Å². The number of para-hydroxylation sites is 2. The number of aromatic nitrogens is 2. The Balaban J connectivity index is 1.29. The average molecular weight is 422 g/mol. The molecule has 0 spiro atoms. The first-order valence-corrected chi connectivity index (χ1v) is 10.3. The summed E-state index contributed by atoms with van der Waals surface area (Å²) in [6, 6.07) is 18.3. The van der Waals surface area contributed by atoms with Crippen molar-refractivity contribution in [2.75, 3.05) is 13.1 Å². The molecular weight excluding hydrogens is 402 g/mol. The standard InChI is InChI=1S/C23H20ClN3O3/c24-16-6-3-7-17(13-16)29-21-11-10-20(30-21)23(28)27-12-4-5-15(14-27)22-25-18-8-1-2-9-19(18)26-22/h1-3,6-11,13,15H,4-5,12,14H2,(H,25,26). The number of furan rings is 1. The molecule has 2 aromatic carbocycles. The third kappa shape index (κ3) is 3.78. The van der Waals surface area contributed by atoms with E-state index in [1.807, 2.05) is 29.2 Å². The Morgan fingerprint density at radius 2 is 2.07 bits per heavy atom. The van der Waals surface area contributed by atoms with Gasteiger partial charge in [-0.1, -0.05) is 29.8 Å². The highest BCUT2D eigenvalue weighted by atomic mass is 35.5. The molecule has 1 fully saturated rings. The molecule has 5 rings (SSSR count). The van der Waals surface area contributed by atoms with Crippen LogP contribution in [0.2, 0.25) is 5.02 Å². The lowest BCUT2D eigenvalue weighted by molar-refractivity contribution is 0.0668. The number of rotatable bonds is 4. The lowest BCUT2D eigenvalue weighted by Gasteiger charge is -2.31. The number of imidazole rings is 1. The van der Waals surface area contributed by atoms with Crippen molar-refractivity contribution in [3.05, 3.63) is 77.3 Å². The maximum atomic E-state index is 13.0. The number of nitrogens with one attached hydrogen (secondary N) is 1. The predicted octanol–water partition coefficient (Wildman–Crippen LogP) is 5.62. The summed E-state index contributed by atoms with van der Waals surface area (Å²) in [5.41, 5.74) is 1.97. The zero-order valence-corrected chi connectivity index (χ0v) is 16.9. The summed E-state index contributed by atoms with van der Waals surface area (Å²) in [7, 11) is 0. The first kappa shape index (κ1) is 18.8. The smallest absolute Gasteiger partial charge is 0.290 e. The van der Waals surface area contributed by atoms with Gasteiger partial charge in [0, 0.05) is 30.1 Å². The van der Waals surface area contributed by atoms with Crippen molar-refractivity contribution in [3.8, 4) is 11.7 Å². The molecule has 152 valence electrons. The summed E-state index contributed by atoms with van der Waals surface area (Å²) in [6.45, 7) is 1.30. The number of hydrogen-bond donors (Lipinski definition) is 1. The molecule has 1 N–H and O–H groups in total. The van der Waals surface area contributed by atoms with E-state index in [1.54, 1.807) is 36.4 Å². The van der Waals surface area contributed by atoms with Crippen LogP contribution < -0.4 is 4.74 Å². The van der Waals surface area contributed by atoms with Gasteiger partial charge in [0.1, 0.15) is 11.6 Å². The summed E-state index contributed by atoms with van der Waals surface area (Å²) in [6.07, 6.45) is 1.91. The number of hydrogen-bond acceptors (Lipinski definition) is 4. The molecule has 3 heterocycles. The molecule has 30 heavy (non-hydrogen) atoms. The Hall–Kier alpha value is -3.25. The molecule has 1 unspecified atom stereocenters. The first-order valence-electron chi connectivity index (χ1n) is 9.93.